The Morgan fingerprint density at radius 3 is 2.88 bits per heavy atom. The summed E-state index contributed by atoms with van der Waals surface area (Å²) in [6, 6.07) is 3.77. The van der Waals surface area contributed by atoms with E-state index in [4.69, 9.17) is 0 Å². The van der Waals surface area contributed by atoms with Crippen LogP contribution in [-0.4, -0.2) is 17.6 Å². The molecule has 2 rings (SSSR count). The Morgan fingerprint density at radius 2 is 2.29 bits per heavy atom. The maximum atomic E-state index is 11.8. The monoisotopic (exact) mass is 267 g/mol. The van der Waals surface area contributed by atoms with Crippen molar-refractivity contribution >= 4 is 28.6 Å². The highest BCUT2D eigenvalue weighted by atomic mass is 32.1. The summed E-state index contributed by atoms with van der Waals surface area (Å²) in [7, 11) is 0. The van der Waals surface area contributed by atoms with Crippen molar-refractivity contribution < 1.29 is 9.90 Å². The van der Waals surface area contributed by atoms with Crippen LogP contribution < -0.4 is 5.32 Å². The molecule has 0 aliphatic rings. The zero-order valence-corrected chi connectivity index (χ0v) is 11.0. The molecule has 0 bridgehead atoms. The van der Waals surface area contributed by atoms with Gasteiger partial charge in [0.15, 0.2) is 0 Å². The van der Waals surface area contributed by atoms with E-state index in [0.29, 0.717) is 4.88 Å². The summed E-state index contributed by atoms with van der Waals surface area (Å²) in [4.78, 5) is 12.5. The number of thiophene rings is 2. The van der Waals surface area contributed by atoms with E-state index in [1.165, 1.54) is 22.7 Å². The molecular formula is C12H13NO2S2. The molecule has 0 spiro atoms. The lowest BCUT2D eigenvalue weighted by Crippen LogP contribution is -2.28. The van der Waals surface area contributed by atoms with Crippen LogP contribution in [0.25, 0.3) is 0 Å². The zero-order chi connectivity index (χ0) is 12.3. The average molecular weight is 267 g/mol. The number of carbonyl (C=O) groups is 1. The topological polar surface area (TPSA) is 49.3 Å². The second-order valence-electron chi connectivity index (χ2n) is 3.72. The number of rotatable bonds is 4. The largest absolute Gasteiger partial charge is 0.387 e. The minimum absolute atomic E-state index is 0.119. The number of aliphatic hydroxyl groups is 1. The highest BCUT2D eigenvalue weighted by Gasteiger charge is 2.13. The molecule has 0 saturated carbocycles. The fourth-order valence-corrected chi connectivity index (χ4v) is 3.01. The molecule has 0 aromatic carbocycles. The maximum Gasteiger partial charge on any atom is 0.261 e. The lowest BCUT2D eigenvalue weighted by Gasteiger charge is -2.10. The molecule has 2 N–H and O–H groups in total. The van der Waals surface area contributed by atoms with E-state index in [1.807, 2.05) is 35.2 Å². The molecule has 17 heavy (non-hydrogen) atoms. The van der Waals surface area contributed by atoms with Gasteiger partial charge in [0.2, 0.25) is 0 Å². The van der Waals surface area contributed by atoms with Crippen LogP contribution in [0.15, 0.2) is 28.3 Å². The number of amides is 1. The first kappa shape index (κ1) is 12.3. The van der Waals surface area contributed by atoms with Crippen LogP contribution in [-0.2, 0) is 0 Å². The molecular weight excluding hydrogens is 254 g/mol. The Hall–Kier alpha value is -1.17. The van der Waals surface area contributed by atoms with Crippen LogP contribution >= 0.6 is 22.7 Å². The standard InChI is InChI=1S/C12H13NO2S2/c1-8-2-5-17-11(8)12(15)13-6-10(14)9-3-4-16-7-9/h2-5,7,10,14H,6H2,1H3,(H,13,15). The van der Waals surface area contributed by atoms with Gasteiger partial charge in [-0.2, -0.15) is 11.3 Å². The van der Waals surface area contributed by atoms with Crippen molar-refractivity contribution in [3.63, 3.8) is 0 Å². The van der Waals surface area contributed by atoms with Crippen molar-refractivity contribution in [3.05, 3.63) is 44.3 Å². The van der Waals surface area contributed by atoms with Crippen molar-refractivity contribution in [1.29, 1.82) is 0 Å². The highest BCUT2D eigenvalue weighted by molar-refractivity contribution is 7.12. The van der Waals surface area contributed by atoms with E-state index in [2.05, 4.69) is 5.32 Å². The lowest BCUT2D eigenvalue weighted by atomic mass is 10.2. The van der Waals surface area contributed by atoms with E-state index < -0.39 is 6.10 Å². The van der Waals surface area contributed by atoms with Gasteiger partial charge in [-0.1, -0.05) is 0 Å². The summed E-state index contributed by atoms with van der Waals surface area (Å²) in [6.07, 6.45) is -0.634. The fourth-order valence-electron chi connectivity index (χ4n) is 1.46. The zero-order valence-electron chi connectivity index (χ0n) is 9.34. The molecule has 2 aromatic heterocycles. The normalized spacial score (nSPS) is 12.4. The predicted octanol–water partition coefficient (Wildman–Crippen LogP) is 2.58. The summed E-state index contributed by atoms with van der Waals surface area (Å²) in [5, 5.41) is 18.2. The molecule has 3 nitrogen and oxygen atoms in total. The molecule has 1 atom stereocenters. The van der Waals surface area contributed by atoms with Gasteiger partial charge in [0.1, 0.15) is 0 Å². The third kappa shape index (κ3) is 2.94. The van der Waals surface area contributed by atoms with Crippen molar-refractivity contribution in [2.45, 2.75) is 13.0 Å². The fraction of sp³-hybridized carbons (Fsp3) is 0.250. The van der Waals surface area contributed by atoms with Crippen LogP contribution in [0.5, 0.6) is 0 Å². The van der Waals surface area contributed by atoms with Gasteiger partial charge in [0.05, 0.1) is 11.0 Å². The molecule has 0 saturated heterocycles. The van der Waals surface area contributed by atoms with Crippen molar-refractivity contribution in [2.24, 2.45) is 0 Å². The van der Waals surface area contributed by atoms with E-state index in [0.717, 1.165) is 11.1 Å². The molecule has 0 radical (unpaired) electrons. The molecule has 90 valence electrons. The van der Waals surface area contributed by atoms with Gasteiger partial charge in [-0.25, -0.2) is 0 Å². The number of hydrogen-bond acceptors (Lipinski definition) is 4. The molecule has 5 heteroatoms. The first-order valence-corrected chi connectivity index (χ1v) is 7.03. The smallest absolute Gasteiger partial charge is 0.261 e. The molecule has 2 heterocycles. The minimum Gasteiger partial charge on any atom is -0.387 e. The Labute approximate surface area is 108 Å². The van der Waals surface area contributed by atoms with Gasteiger partial charge in [-0.15, -0.1) is 11.3 Å². The number of hydrogen-bond donors (Lipinski definition) is 2. The number of aliphatic hydroxyl groups excluding tert-OH is 1. The minimum atomic E-state index is -0.634. The maximum absolute atomic E-state index is 11.8. The van der Waals surface area contributed by atoms with Crippen molar-refractivity contribution in [2.75, 3.05) is 6.54 Å². The summed E-state index contributed by atoms with van der Waals surface area (Å²) in [5.41, 5.74) is 1.82. The van der Waals surface area contributed by atoms with Gasteiger partial charge in [-0.05, 0) is 46.3 Å². The number of carbonyl (C=O) groups excluding carboxylic acids is 1. The van der Waals surface area contributed by atoms with Crippen LogP contribution in [0.4, 0.5) is 0 Å². The number of nitrogens with one attached hydrogen (secondary N) is 1. The summed E-state index contributed by atoms with van der Waals surface area (Å²) in [5.74, 6) is -0.119. The van der Waals surface area contributed by atoms with E-state index >= 15 is 0 Å². The molecule has 0 fully saturated rings. The Balaban J connectivity index is 1.91. The van der Waals surface area contributed by atoms with Crippen LogP contribution in [0.2, 0.25) is 0 Å². The molecule has 2 aromatic rings. The average Bonchev–Trinajstić information content (AvgIpc) is 2.95. The van der Waals surface area contributed by atoms with Crippen molar-refractivity contribution in [3.8, 4) is 0 Å². The molecule has 0 aliphatic heterocycles. The van der Waals surface area contributed by atoms with Gasteiger partial charge in [0.25, 0.3) is 5.91 Å². The second-order valence-corrected chi connectivity index (χ2v) is 5.41. The third-order valence-electron chi connectivity index (χ3n) is 2.45. The quantitative estimate of drug-likeness (QED) is 0.894. The number of aryl methyl sites for hydroxylation is 1. The molecule has 1 unspecified atom stereocenters. The predicted molar refractivity (Wildman–Crippen MR) is 70.7 cm³/mol. The first-order valence-electron chi connectivity index (χ1n) is 5.21. The Bertz CT molecular complexity index is 490. The van der Waals surface area contributed by atoms with E-state index in [9.17, 15) is 9.90 Å². The summed E-state index contributed by atoms with van der Waals surface area (Å²) < 4.78 is 0. The first-order chi connectivity index (χ1) is 8.18. The molecule has 1 amide bonds. The van der Waals surface area contributed by atoms with E-state index in [-0.39, 0.29) is 12.5 Å². The SMILES string of the molecule is Cc1ccsc1C(=O)NCC(O)c1ccsc1. The molecule has 0 aliphatic carbocycles. The highest BCUT2D eigenvalue weighted by Crippen LogP contribution is 2.17. The van der Waals surface area contributed by atoms with Crippen LogP contribution in [0.3, 0.4) is 0 Å². The van der Waals surface area contributed by atoms with Gasteiger partial charge in [0, 0.05) is 6.54 Å². The summed E-state index contributed by atoms with van der Waals surface area (Å²) in [6.45, 7) is 2.15. The van der Waals surface area contributed by atoms with Gasteiger partial charge >= 0.3 is 0 Å². The van der Waals surface area contributed by atoms with Gasteiger partial charge in [-0.3, -0.25) is 4.79 Å². The Kier molecular flexibility index (Phi) is 3.93. The van der Waals surface area contributed by atoms with Crippen LogP contribution in [0, 0.1) is 6.92 Å². The van der Waals surface area contributed by atoms with Crippen LogP contribution in [0.1, 0.15) is 26.9 Å². The Morgan fingerprint density at radius 1 is 1.47 bits per heavy atom. The summed E-state index contributed by atoms with van der Waals surface area (Å²) >= 11 is 2.95. The third-order valence-corrected chi connectivity index (χ3v) is 4.17. The van der Waals surface area contributed by atoms with Crippen molar-refractivity contribution in [1.82, 2.24) is 5.32 Å². The lowest BCUT2D eigenvalue weighted by molar-refractivity contribution is 0.0920. The van der Waals surface area contributed by atoms with E-state index in [1.54, 1.807) is 0 Å². The second kappa shape index (κ2) is 5.44. The van der Waals surface area contributed by atoms with Gasteiger partial charge < -0.3 is 10.4 Å².